The Morgan fingerprint density at radius 3 is 2.78 bits per heavy atom. The van der Waals surface area contributed by atoms with Crippen molar-refractivity contribution in [2.45, 2.75) is 18.9 Å². The summed E-state index contributed by atoms with van der Waals surface area (Å²) in [6.07, 6.45) is 0.622. The Labute approximate surface area is 156 Å². The molecule has 1 aliphatic heterocycles. The second-order valence-corrected chi connectivity index (χ2v) is 6.64. The maximum Gasteiger partial charge on any atom is 0.258 e. The Morgan fingerprint density at radius 2 is 1.93 bits per heavy atom. The van der Waals surface area contributed by atoms with E-state index in [9.17, 15) is 9.59 Å². The van der Waals surface area contributed by atoms with Crippen LogP contribution in [-0.2, 0) is 16.0 Å². The average molecular weight is 363 g/mol. The second kappa shape index (κ2) is 7.72. The van der Waals surface area contributed by atoms with Crippen molar-refractivity contribution in [1.82, 2.24) is 14.9 Å². The summed E-state index contributed by atoms with van der Waals surface area (Å²) in [4.78, 5) is 33.9. The molecule has 138 valence electrons. The molecule has 6 nitrogen and oxygen atoms in total. The molecule has 1 aliphatic rings. The van der Waals surface area contributed by atoms with Gasteiger partial charge in [-0.25, -0.2) is 4.98 Å². The van der Waals surface area contributed by atoms with Crippen LogP contribution in [0.5, 0.6) is 0 Å². The molecule has 27 heavy (non-hydrogen) atoms. The molecule has 1 saturated heterocycles. The van der Waals surface area contributed by atoms with E-state index in [-0.39, 0.29) is 17.6 Å². The van der Waals surface area contributed by atoms with E-state index in [1.165, 1.54) is 0 Å². The molecular formula is C21H21N3O3. The number of benzene rings is 2. The van der Waals surface area contributed by atoms with Crippen molar-refractivity contribution in [3.8, 4) is 0 Å². The maximum absolute atomic E-state index is 12.6. The summed E-state index contributed by atoms with van der Waals surface area (Å²) in [6.45, 7) is 1.66. The maximum atomic E-state index is 12.6. The van der Waals surface area contributed by atoms with Crippen molar-refractivity contribution in [2.75, 3.05) is 19.7 Å². The third kappa shape index (κ3) is 3.90. The third-order valence-electron chi connectivity index (χ3n) is 4.83. The van der Waals surface area contributed by atoms with Gasteiger partial charge < -0.3 is 14.6 Å². The van der Waals surface area contributed by atoms with Crippen LogP contribution in [0.3, 0.4) is 0 Å². The minimum atomic E-state index is -0.168. The predicted molar refractivity (Wildman–Crippen MR) is 102 cm³/mol. The quantitative estimate of drug-likeness (QED) is 0.773. The number of hydrogen-bond donors (Lipinski definition) is 1. The smallest absolute Gasteiger partial charge is 0.258 e. The van der Waals surface area contributed by atoms with Crippen LogP contribution in [-0.4, -0.2) is 40.5 Å². The van der Waals surface area contributed by atoms with Gasteiger partial charge in [0.05, 0.1) is 24.1 Å². The molecule has 0 spiro atoms. The third-order valence-corrected chi connectivity index (χ3v) is 4.83. The molecular weight excluding hydrogens is 342 g/mol. The van der Waals surface area contributed by atoms with E-state index in [0.717, 1.165) is 5.56 Å². The molecule has 3 aromatic rings. The molecule has 2 aromatic carbocycles. The molecule has 0 unspecified atom stereocenters. The summed E-state index contributed by atoms with van der Waals surface area (Å²) < 4.78 is 5.82. The zero-order valence-corrected chi connectivity index (χ0v) is 14.9. The Balaban J connectivity index is 1.41. The molecule has 1 N–H and O–H groups in total. The second-order valence-electron chi connectivity index (χ2n) is 6.64. The van der Waals surface area contributed by atoms with Crippen molar-refractivity contribution in [3.05, 3.63) is 76.3 Å². The molecule has 0 radical (unpaired) electrons. The number of carbonyl (C=O) groups is 1. The van der Waals surface area contributed by atoms with E-state index in [1.807, 2.05) is 53.4 Å². The average Bonchev–Trinajstić information content (AvgIpc) is 2.73. The summed E-state index contributed by atoms with van der Waals surface area (Å²) in [5.74, 6) is 0.593. The van der Waals surface area contributed by atoms with Gasteiger partial charge in [0.2, 0.25) is 5.91 Å². The lowest BCUT2D eigenvalue weighted by atomic mass is 10.1. The van der Waals surface area contributed by atoms with Crippen LogP contribution < -0.4 is 5.56 Å². The van der Waals surface area contributed by atoms with Crippen molar-refractivity contribution < 1.29 is 9.53 Å². The van der Waals surface area contributed by atoms with Gasteiger partial charge in [0.15, 0.2) is 0 Å². The van der Waals surface area contributed by atoms with Gasteiger partial charge in [-0.05, 0) is 17.7 Å². The number of aromatic amines is 1. The van der Waals surface area contributed by atoms with Crippen LogP contribution in [0.1, 0.15) is 23.9 Å². The first-order valence-electron chi connectivity index (χ1n) is 9.13. The fraction of sp³-hybridized carbons (Fsp3) is 0.286. The number of aryl methyl sites for hydroxylation is 1. The van der Waals surface area contributed by atoms with E-state index in [2.05, 4.69) is 9.97 Å². The fourth-order valence-corrected chi connectivity index (χ4v) is 3.38. The number of ether oxygens (including phenoxy) is 1. The minimum Gasteiger partial charge on any atom is -0.370 e. The van der Waals surface area contributed by atoms with E-state index in [4.69, 9.17) is 4.74 Å². The normalized spacial score (nSPS) is 17.2. The number of aromatic nitrogens is 2. The van der Waals surface area contributed by atoms with Gasteiger partial charge in [0.1, 0.15) is 11.9 Å². The SMILES string of the molecule is O=C(CCc1nc2ccccc2c(=O)[nH]1)N1CCO[C@@H](c2ccccc2)C1. The number of nitrogens with zero attached hydrogens (tertiary/aromatic N) is 2. The molecule has 1 fully saturated rings. The molecule has 0 bridgehead atoms. The Bertz CT molecular complexity index is 1000. The van der Waals surface area contributed by atoms with Gasteiger partial charge in [-0.3, -0.25) is 9.59 Å². The largest absolute Gasteiger partial charge is 0.370 e. The number of H-pyrrole nitrogens is 1. The lowest BCUT2D eigenvalue weighted by Gasteiger charge is -2.33. The molecule has 1 amide bonds. The summed E-state index contributed by atoms with van der Waals surface area (Å²) in [6, 6.07) is 17.2. The summed E-state index contributed by atoms with van der Waals surface area (Å²) >= 11 is 0. The number of amides is 1. The standard InChI is InChI=1S/C21H21N3O3/c25-20(24-12-13-27-18(14-24)15-6-2-1-3-7-15)11-10-19-22-17-9-5-4-8-16(17)21(26)23-19/h1-9,18H,10-14H2,(H,22,23,26)/t18-/m1/s1. The lowest BCUT2D eigenvalue weighted by molar-refractivity contribution is -0.139. The molecule has 0 aliphatic carbocycles. The Hall–Kier alpha value is -2.99. The Kier molecular flexibility index (Phi) is 4.98. The first kappa shape index (κ1) is 17.4. The molecule has 2 heterocycles. The van der Waals surface area contributed by atoms with Crippen molar-refractivity contribution >= 4 is 16.8 Å². The lowest BCUT2D eigenvalue weighted by Crippen LogP contribution is -2.42. The summed E-state index contributed by atoms with van der Waals surface area (Å²) in [5.41, 5.74) is 1.56. The van der Waals surface area contributed by atoms with Gasteiger partial charge in [-0.15, -0.1) is 0 Å². The number of fused-ring (bicyclic) bond motifs is 1. The molecule has 1 aromatic heterocycles. The Morgan fingerprint density at radius 1 is 1.15 bits per heavy atom. The van der Waals surface area contributed by atoms with Crippen LogP contribution in [0, 0.1) is 0 Å². The van der Waals surface area contributed by atoms with Crippen LogP contribution in [0.25, 0.3) is 10.9 Å². The molecule has 0 saturated carbocycles. The van der Waals surface area contributed by atoms with E-state index in [1.54, 1.807) is 6.07 Å². The number of hydrogen-bond acceptors (Lipinski definition) is 4. The summed E-state index contributed by atoms with van der Waals surface area (Å²) in [7, 11) is 0. The van der Waals surface area contributed by atoms with Gasteiger partial charge in [-0.1, -0.05) is 42.5 Å². The highest BCUT2D eigenvalue weighted by Gasteiger charge is 2.25. The number of carbonyl (C=O) groups excluding carboxylic acids is 1. The first-order valence-corrected chi connectivity index (χ1v) is 9.13. The predicted octanol–water partition coefficient (Wildman–Crippen LogP) is 2.46. The highest BCUT2D eigenvalue weighted by atomic mass is 16.5. The van der Waals surface area contributed by atoms with E-state index >= 15 is 0 Å². The van der Waals surface area contributed by atoms with Gasteiger partial charge >= 0.3 is 0 Å². The molecule has 6 heteroatoms. The van der Waals surface area contributed by atoms with Crippen LogP contribution >= 0.6 is 0 Å². The number of nitrogens with one attached hydrogen (secondary N) is 1. The first-order chi connectivity index (χ1) is 13.2. The van der Waals surface area contributed by atoms with Crippen molar-refractivity contribution in [1.29, 1.82) is 0 Å². The molecule has 4 rings (SSSR count). The fourth-order valence-electron chi connectivity index (χ4n) is 3.38. The molecule has 1 atom stereocenters. The number of para-hydroxylation sites is 1. The van der Waals surface area contributed by atoms with Crippen LogP contribution in [0.4, 0.5) is 0 Å². The van der Waals surface area contributed by atoms with Crippen molar-refractivity contribution in [2.24, 2.45) is 0 Å². The van der Waals surface area contributed by atoms with Crippen LogP contribution in [0.15, 0.2) is 59.4 Å². The number of morpholine rings is 1. The van der Waals surface area contributed by atoms with Crippen LogP contribution in [0.2, 0.25) is 0 Å². The topological polar surface area (TPSA) is 75.3 Å². The minimum absolute atomic E-state index is 0.0510. The van der Waals surface area contributed by atoms with E-state index < -0.39 is 0 Å². The summed E-state index contributed by atoms with van der Waals surface area (Å²) in [5, 5.41) is 0.562. The monoisotopic (exact) mass is 363 g/mol. The van der Waals surface area contributed by atoms with Crippen molar-refractivity contribution in [3.63, 3.8) is 0 Å². The van der Waals surface area contributed by atoms with Gasteiger partial charge in [0, 0.05) is 19.4 Å². The highest BCUT2D eigenvalue weighted by molar-refractivity contribution is 5.78. The zero-order chi connectivity index (χ0) is 18.6. The number of rotatable bonds is 4. The zero-order valence-electron chi connectivity index (χ0n) is 14.9. The van der Waals surface area contributed by atoms with E-state index in [0.29, 0.717) is 49.3 Å². The van der Waals surface area contributed by atoms with Gasteiger partial charge in [-0.2, -0.15) is 0 Å². The highest BCUT2D eigenvalue weighted by Crippen LogP contribution is 2.22. The van der Waals surface area contributed by atoms with Gasteiger partial charge in [0.25, 0.3) is 5.56 Å².